The zero-order valence-corrected chi connectivity index (χ0v) is 14.9. The minimum absolute atomic E-state index is 0.401. The third-order valence-electron chi connectivity index (χ3n) is 6.24. The first-order valence-corrected chi connectivity index (χ1v) is 9.80. The van der Waals surface area contributed by atoms with Gasteiger partial charge in [0.15, 0.2) is 5.96 Å². The number of nitrogens with one attached hydrogen (secondary N) is 2. The summed E-state index contributed by atoms with van der Waals surface area (Å²) in [4.78, 5) is 4.46. The van der Waals surface area contributed by atoms with Gasteiger partial charge < -0.3 is 15.4 Å². The van der Waals surface area contributed by atoms with Gasteiger partial charge in [-0.15, -0.1) is 0 Å². The van der Waals surface area contributed by atoms with Gasteiger partial charge in [-0.25, -0.2) is 0 Å². The average Bonchev–Trinajstić information content (AvgIpc) is 3.16. The van der Waals surface area contributed by atoms with Crippen LogP contribution in [-0.4, -0.2) is 38.3 Å². The van der Waals surface area contributed by atoms with Crippen LogP contribution < -0.4 is 10.6 Å². The molecular formula is C18H27N3OS. The molecule has 23 heavy (non-hydrogen) atoms. The Balaban J connectivity index is 1.35. The quantitative estimate of drug-likeness (QED) is 0.658. The summed E-state index contributed by atoms with van der Waals surface area (Å²) in [5.74, 6) is 2.14. The summed E-state index contributed by atoms with van der Waals surface area (Å²) in [6, 6.07) is 2.76. The maximum atomic E-state index is 6.00. The molecule has 1 saturated heterocycles. The fourth-order valence-corrected chi connectivity index (χ4v) is 5.50. The highest BCUT2D eigenvalue weighted by Crippen LogP contribution is 2.62. The second-order valence-corrected chi connectivity index (χ2v) is 8.14. The zero-order valence-electron chi connectivity index (χ0n) is 14.0. The van der Waals surface area contributed by atoms with Crippen LogP contribution in [0, 0.1) is 11.3 Å². The minimum Gasteiger partial charge on any atom is -0.377 e. The first-order valence-electron chi connectivity index (χ1n) is 8.85. The Labute approximate surface area is 142 Å². The van der Waals surface area contributed by atoms with E-state index in [0.717, 1.165) is 19.1 Å². The van der Waals surface area contributed by atoms with Crippen molar-refractivity contribution in [1.29, 1.82) is 0 Å². The molecule has 3 fully saturated rings. The van der Waals surface area contributed by atoms with Gasteiger partial charge in [0.05, 0.1) is 6.10 Å². The molecule has 4 rings (SSSR count). The van der Waals surface area contributed by atoms with Gasteiger partial charge >= 0.3 is 0 Å². The standard InChI is InChI=1S/C18H27N3OS/c1-12(13-5-9-23-11-13)10-20-17(19-2)21-15-14-4-8-22-16(14)18(15)6-3-7-18/h5,9,11-12,14-16H,3-4,6-8,10H2,1-2H3,(H2,19,20,21). The number of ether oxygens (including phenoxy) is 1. The Morgan fingerprint density at radius 3 is 3.04 bits per heavy atom. The topological polar surface area (TPSA) is 45.7 Å². The van der Waals surface area contributed by atoms with E-state index in [1.54, 1.807) is 11.3 Å². The first kappa shape index (κ1) is 15.5. The van der Waals surface area contributed by atoms with Crippen LogP contribution in [0.4, 0.5) is 0 Å². The Hall–Kier alpha value is -1.07. The minimum atomic E-state index is 0.401. The van der Waals surface area contributed by atoms with Crippen LogP contribution in [-0.2, 0) is 4.74 Å². The second-order valence-electron chi connectivity index (χ2n) is 7.36. The van der Waals surface area contributed by atoms with Crippen LogP contribution in [0.1, 0.15) is 44.1 Å². The van der Waals surface area contributed by atoms with Crippen molar-refractivity contribution in [3.63, 3.8) is 0 Å². The van der Waals surface area contributed by atoms with Crippen LogP contribution in [0.2, 0.25) is 0 Å². The highest BCUT2D eigenvalue weighted by molar-refractivity contribution is 7.07. The Kier molecular flexibility index (Phi) is 4.10. The van der Waals surface area contributed by atoms with Gasteiger partial charge in [0.1, 0.15) is 0 Å². The molecule has 0 radical (unpaired) electrons. The Morgan fingerprint density at radius 1 is 1.52 bits per heavy atom. The second kappa shape index (κ2) is 6.10. The first-order chi connectivity index (χ1) is 11.2. The van der Waals surface area contributed by atoms with Gasteiger partial charge in [0.2, 0.25) is 0 Å². The van der Waals surface area contributed by atoms with E-state index in [2.05, 4.69) is 39.4 Å². The van der Waals surface area contributed by atoms with Crippen molar-refractivity contribution in [2.75, 3.05) is 20.2 Å². The molecule has 1 aromatic rings. The number of fused-ring (bicyclic) bond motifs is 2. The van der Waals surface area contributed by atoms with Gasteiger partial charge in [-0.1, -0.05) is 13.3 Å². The van der Waals surface area contributed by atoms with E-state index < -0.39 is 0 Å². The SMILES string of the molecule is CN=C(NCC(C)c1ccsc1)NC1C2CCOC2C12CCC2. The van der Waals surface area contributed by atoms with E-state index in [0.29, 0.717) is 29.4 Å². The lowest BCUT2D eigenvalue weighted by molar-refractivity contribution is -0.171. The maximum Gasteiger partial charge on any atom is 0.191 e. The largest absolute Gasteiger partial charge is 0.377 e. The molecular weight excluding hydrogens is 306 g/mol. The van der Waals surface area contributed by atoms with Crippen LogP contribution >= 0.6 is 11.3 Å². The van der Waals surface area contributed by atoms with Gasteiger partial charge in [-0.3, -0.25) is 4.99 Å². The van der Waals surface area contributed by atoms with Crippen molar-refractivity contribution in [3.05, 3.63) is 22.4 Å². The Morgan fingerprint density at radius 2 is 2.39 bits per heavy atom. The highest BCUT2D eigenvalue weighted by Gasteiger charge is 2.66. The molecule has 126 valence electrons. The summed E-state index contributed by atoms with van der Waals surface area (Å²) in [5, 5.41) is 11.6. The van der Waals surface area contributed by atoms with Crippen molar-refractivity contribution in [3.8, 4) is 0 Å². The fraction of sp³-hybridized carbons (Fsp3) is 0.722. The molecule has 0 amide bonds. The zero-order chi connectivity index (χ0) is 15.9. The van der Waals surface area contributed by atoms with Gasteiger partial charge in [0.25, 0.3) is 0 Å². The van der Waals surface area contributed by atoms with E-state index >= 15 is 0 Å². The fourth-order valence-electron chi connectivity index (χ4n) is 4.72. The summed E-state index contributed by atoms with van der Waals surface area (Å²) in [5.41, 5.74) is 1.80. The molecule has 0 bridgehead atoms. The molecule has 2 aliphatic carbocycles. The number of hydrogen-bond acceptors (Lipinski definition) is 3. The molecule has 0 aromatic carbocycles. The number of aliphatic imine (C=N–C) groups is 1. The van der Waals surface area contributed by atoms with Crippen molar-refractivity contribution in [2.24, 2.45) is 16.3 Å². The van der Waals surface area contributed by atoms with E-state index in [4.69, 9.17) is 4.74 Å². The normalized spacial score (nSPS) is 32.8. The summed E-state index contributed by atoms with van der Waals surface area (Å²) in [6.45, 7) is 4.12. The predicted octanol–water partition coefficient (Wildman–Crippen LogP) is 2.97. The third-order valence-corrected chi connectivity index (χ3v) is 6.94. The molecule has 2 N–H and O–H groups in total. The lowest BCUT2D eigenvalue weighted by atomic mass is 9.46. The van der Waals surface area contributed by atoms with Crippen molar-refractivity contribution < 1.29 is 4.74 Å². The van der Waals surface area contributed by atoms with Crippen LogP contribution in [0.15, 0.2) is 21.8 Å². The molecule has 1 aliphatic heterocycles. The molecule has 2 saturated carbocycles. The Bertz CT molecular complexity index is 567. The van der Waals surface area contributed by atoms with Crippen molar-refractivity contribution in [1.82, 2.24) is 10.6 Å². The van der Waals surface area contributed by atoms with Crippen LogP contribution in [0.5, 0.6) is 0 Å². The van der Waals surface area contributed by atoms with E-state index in [9.17, 15) is 0 Å². The number of hydrogen-bond donors (Lipinski definition) is 2. The molecule has 5 heteroatoms. The molecule has 2 heterocycles. The summed E-state index contributed by atoms with van der Waals surface area (Å²) >= 11 is 1.76. The maximum absolute atomic E-state index is 6.00. The number of guanidine groups is 1. The smallest absolute Gasteiger partial charge is 0.191 e. The average molecular weight is 334 g/mol. The van der Waals surface area contributed by atoms with Gasteiger partial charge in [-0.2, -0.15) is 11.3 Å². The van der Waals surface area contributed by atoms with E-state index in [1.807, 2.05) is 7.05 Å². The summed E-state index contributed by atoms with van der Waals surface area (Å²) < 4.78 is 6.00. The van der Waals surface area contributed by atoms with E-state index in [1.165, 1.54) is 31.2 Å². The monoisotopic (exact) mass is 333 g/mol. The van der Waals surface area contributed by atoms with Crippen LogP contribution in [0.25, 0.3) is 0 Å². The van der Waals surface area contributed by atoms with Crippen LogP contribution in [0.3, 0.4) is 0 Å². The summed E-state index contributed by atoms with van der Waals surface area (Å²) in [6.07, 6.45) is 5.69. The summed E-state index contributed by atoms with van der Waals surface area (Å²) in [7, 11) is 1.87. The van der Waals surface area contributed by atoms with Crippen molar-refractivity contribution in [2.45, 2.75) is 50.7 Å². The molecule has 4 unspecified atom stereocenters. The molecule has 1 aromatic heterocycles. The van der Waals surface area contributed by atoms with E-state index in [-0.39, 0.29) is 0 Å². The van der Waals surface area contributed by atoms with Crippen molar-refractivity contribution >= 4 is 17.3 Å². The number of nitrogens with zero attached hydrogens (tertiary/aromatic N) is 1. The molecule has 4 atom stereocenters. The number of rotatable bonds is 4. The van der Waals surface area contributed by atoms with Gasteiger partial charge in [0, 0.05) is 37.6 Å². The van der Waals surface area contributed by atoms with Gasteiger partial charge in [-0.05, 0) is 47.6 Å². The third kappa shape index (κ3) is 2.49. The molecule has 1 spiro atoms. The lowest BCUT2D eigenvalue weighted by Crippen LogP contribution is -2.72. The number of thiophene rings is 1. The molecule has 3 aliphatic rings. The lowest BCUT2D eigenvalue weighted by Gasteiger charge is -2.63. The molecule has 4 nitrogen and oxygen atoms in total. The highest BCUT2D eigenvalue weighted by atomic mass is 32.1. The predicted molar refractivity (Wildman–Crippen MR) is 95.2 cm³/mol.